The molecule has 0 amide bonds. The van der Waals surface area contributed by atoms with Crippen molar-refractivity contribution in [1.29, 1.82) is 0 Å². The van der Waals surface area contributed by atoms with Crippen molar-refractivity contribution >= 4 is 5.97 Å². The number of hydrogen-bond acceptors (Lipinski definition) is 4. The predicted octanol–water partition coefficient (Wildman–Crippen LogP) is 0.479. The Bertz CT molecular complexity index is 185. The molecule has 1 unspecified atom stereocenters. The smallest absolute Gasteiger partial charge is 0.325 e. The molecule has 0 saturated carbocycles. The van der Waals surface area contributed by atoms with E-state index in [0.29, 0.717) is 0 Å². The molecule has 0 aliphatic rings. The van der Waals surface area contributed by atoms with Crippen LogP contribution in [0.2, 0.25) is 0 Å². The molecule has 1 atom stereocenters. The summed E-state index contributed by atoms with van der Waals surface area (Å²) < 4.78 is 4.75. The van der Waals surface area contributed by atoms with E-state index in [2.05, 4.69) is 17.1 Å². The van der Waals surface area contributed by atoms with Gasteiger partial charge in [-0.15, -0.1) is 0 Å². The van der Waals surface area contributed by atoms with Crippen molar-refractivity contribution in [3.63, 3.8) is 0 Å². The number of nitrogens with zero attached hydrogens (tertiary/aromatic N) is 1. The molecule has 0 fully saturated rings. The molecular formula is C10H22N2O2. The van der Waals surface area contributed by atoms with Gasteiger partial charge in [-0.05, 0) is 34.0 Å². The van der Waals surface area contributed by atoms with Crippen molar-refractivity contribution in [2.24, 2.45) is 0 Å². The summed E-state index contributed by atoms with van der Waals surface area (Å²) in [6.07, 6.45) is 0.751. The van der Waals surface area contributed by atoms with Gasteiger partial charge in [0.25, 0.3) is 0 Å². The van der Waals surface area contributed by atoms with Crippen molar-refractivity contribution < 1.29 is 9.53 Å². The highest BCUT2D eigenvalue weighted by Gasteiger charge is 2.32. The lowest BCUT2D eigenvalue weighted by atomic mass is 9.98. The fraction of sp³-hybridized carbons (Fsp3) is 0.900. The minimum atomic E-state index is -0.571. The van der Waals surface area contributed by atoms with Gasteiger partial charge in [-0.2, -0.15) is 0 Å². The second-order valence-corrected chi connectivity index (χ2v) is 3.72. The highest BCUT2D eigenvalue weighted by atomic mass is 16.5. The number of nitrogens with one attached hydrogen (secondary N) is 1. The third-order valence-corrected chi connectivity index (χ3v) is 2.72. The monoisotopic (exact) mass is 202 g/mol. The van der Waals surface area contributed by atoms with E-state index in [4.69, 9.17) is 4.74 Å². The van der Waals surface area contributed by atoms with Gasteiger partial charge in [0.15, 0.2) is 0 Å². The molecule has 14 heavy (non-hydrogen) atoms. The Labute approximate surface area is 86.6 Å². The van der Waals surface area contributed by atoms with E-state index >= 15 is 0 Å². The Morgan fingerprint density at radius 2 is 2.14 bits per heavy atom. The molecule has 0 rings (SSSR count). The zero-order valence-electron chi connectivity index (χ0n) is 9.89. The lowest BCUT2D eigenvalue weighted by molar-refractivity contribution is -0.148. The maximum absolute atomic E-state index is 11.5. The van der Waals surface area contributed by atoms with Crippen LogP contribution in [0, 0.1) is 0 Å². The minimum absolute atomic E-state index is 0.204. The Balaban J connectivity index is 4.19. The topological polar surface area (TPSA) is 41.6 Å². The van der Waals surface area contributed by atoms with Gasteiger partial charge in [-0.1, -0.05) is 6.92 Å². The molecule has 1 N–H and O–H groups in total. The van der Waals surface area contributed by atoms with Crippen molar-refractivity contribution in [1.82, 2.24) is 10.2 Å². The Hall–Kier alpha value is -0.610. The SMILES string of the molecule is CCN(C)CCC(C)(NC)C(=O)OC. The first-order valence-corrected chi connectivity index (χ1v) is 4.96. The van der Waals surface area contributed by atoms with Crippen LogP contribution in [0.25, 0.3) is 0 Å². The number of esters is 1. The second-order valence-electron chi connectivity index (χ2n) is 3.72. The Morgan fingerprint density at radius 1 is 1.57 bits per heavy atom. The zero-order chi connectivity index (χ0) is 11.2. The summed E-state index contributed by atoms with van der Waals surface area (Å²) in [6, 6.07) is 0. The van der Waals surface area contributed by atoms with Crippen LogP contribution in [0.4, 0.5) is 0 Å². The summed E-state index contributed by atoms with van der Waals surface area (Å²) in [7, 11) is 5.23. The zero-order valence-corrected chi connectivity index (χ0v) is 9.89. The van der Waals surface area contributed by atoms with E-state index < -0.39 is 5.54 Å². The standard InChI is InChI=1S/C10H22N2O2/c1-6-12(4)8-7-10(2,11-3)9(13)14-5/h11H,6-8H2,1-5H3. The van der Waals surface area contributed by atoms with Gasteiger partial charge in [0.1, 0.15) is 5.54 Å². The van der Waals surface area contributed by atoms with Gasteiger partial charge in [0.2, 0.25) is 0 Å². The number of carbonyl (C=O) groups excluding carboxylic acids is 1. The highest BCUT2D eigenvalue weighted by molar-refractivity contribution is 5.80. The number of likely N-dealkylation sites (N-methyl/N-ethyl adjacent to an activating group) is 1. The molecule has 4 heteroatoms. The first kappa shape index (κ1) is 13.4. The molecule has 0 heterocycles. The van der Waals surface area contributed by atoms with Crippen molar-refractivity contribution in [2.75, 3.05) is 34.3 Å². The number of ether oxygens (including phenoxy) is 1. The molecule has 0 aromatic carbocycles. The van der Waals surface area contributed by atoms with E-state index in [1.165, 1.54) is 7.11 Å². The fourth-order valence-electron chi connectivity index (χ4n) is 1.13. The number of carbonyl (C=O) groups is 1. The average molecular weight is 202 g/mol. The van der Waals surface area contributed by atoms with Crippen molar-refractivity contribution in [2.45, 2.75) is 25.8 Å². The van der Waals surface area contributed by atoms with Gasteiger partial charge in [-0.25, -0.2) is 0 Å². The molecule has 4 nitrogen and oxygen atoms in total. The normalized spacial score (nSPS) is 15.3. The molecule has 0 aromatic heterocycles. The summed E-state index contributed by atoms with van der Waals surface area (Å²) in [4.78, 5) is 13.6. The molecule has 0 saturated heterocycles. The van der Waals surface area contributed by atoms with Gasteiger partial charge in [0, 0.05) is 6.54 Å². The first-order chi connectivity index (χ1) is 6.50. The Kier molecular flexibility index (Phi) is 5.72. The summed E-state index contributed by atoms with van der Waals surface area (Å²) in [6.45, 7) is 5.82. The van der Waals surface area contributed by atoms with Gasteiger partial charge in [-0.3, -0.25) is 4.79 Å². The average Bonchev–Trinajstić information content (AvgIpc) is 2.23. The van der Waals surface area contributed by atoms with Crippen molar-refractivity contribution in [3.8, 4) is 0 Å². The van der Waals surface area contributed by atoms with Crippen LogP contribution >= 0.6 is 0 Å². The highest BCUT2D eigenvalue weighted by Crippen LogP contribution is 2.11. The summed E-state index contributed by atoms with van der Waals surface area (Å²) in [5, 5.41) is 3.01. The summed E-state index contributed by atoms with van der Waals surface area (Å²) in [5.74, 6) is -0.204. The number of methoxy groups -OCH3 is 1. The lowest BCUT2D eigenvalue weighted by Crippen LogP contribution is -2.50. The predicted molar refractivity (Wildman–Crippen MR) is 57.3 cm³/mol. The quantitative estimate of drug-likeness (QED) is 0.636. The van der Waals surface area contributed by atoms with Gasteiger partial charge >= 0.3 is 5.97 Å². The first-order valence-electron chi connectivity index (χ1n) is 4.96. The maximum atomic E-state index is 11.5. The lowest BCUT2D eigenvalue weighted by Gasteiger charge is -2.28. The molecule has 0 aliphatic carbocycles. The van der Waals surface area contributed by atoms with Gasteiger partial charge in [0.05, 0.1) is 7.11 Å². The van der Waals surface area contributed by atoms with Crippen LogP contribution in [0.5, 0.6) is 0 Å². The van der Waals surface area contributed by atoms with Crippen LogP contribution in [0.15, 0.2) is 0 Å². The largest absolute Gasteiger partial charge is 0.468 e. The van der Waals surface area contributed by atoms with Crippen LogP contribution in [-0.2, 0) is 9.53 Å². The molecule has 0 radical (unpaired) electrons. The molecular weight excluding hydrogens is 180 g/mol. The second kappa shape index (κ2) is 5.98. The van der Waals surface area contributed by atoms with Gasteiger partial charge < -0.3 is 15.0 Å². The van der Waals surface area contributed by atoms with E-state index in [-0.39, 0.29) is 5.97 Å². The fourth-order valence-corrected chi connectivity index (χ4v) is 1.13. The van der Waals surface area contributed by atoms with E-state index in [9.17, 15) is 4.79 Å². The van der Waals surface area contributed by atoms with E-state index in [1.807, 2.05) is 14.0 Å². The number of rotatable bonds is 6. The Morgan fingerprint density at radius 3 is 2.50 bits per heavy atom. The third-order valence-electron chi connectivity index (χ3n) is 2.72. The molecule has 0 spiro atoms. The summed E-state index contributed by atoms with van der Waals surface area (Å²) in [5.41, 5.74) is -0.571. The molecule has 0 aromatic rings. The van der Waals surface area contributed by atoms with Crippen molar-refractivity contribution in [3.05, 3.63) is 0 Å². The van der Waals surface area contributed by atoms with E-state index in [0.717, 1.165) is 19.5 Å². The van der Waals surface area contributed by atoms with E-state index in [1.54, 1.807) is 7.05 Å². The minimum Gasteiger partial charge on any atom is -0.468 e. The van der Waals surface area contributed by atoms with Crippen LogP contribution in [0.1, 0.15) is 20.3 Å². The molecule has 84 valence electrons. The summed E-state index contributed by atoms with van der Waals surface area (Å²) >= 11 is 0. The molecule has 0 aliphatic heterocycles. The molecule has 0 bridgehead atoms. The van der Waals surface area contributed by atoms with Crippen LogP contribution in [-0.4, -0.2) is 50.7 Å². The maximum Gasteiger partial charge on any atom is 0.325 e. The number of hydrogen-bond donors (Lipinski definition) is 1. The van der Waals surface area contributed by atoms with Crippen LogP contribution in [0.3, 0.4) is 0 Å². The van der Waals surface area contributed by atoms with Crippen LogP contribution < -0.4 is 5.32 Å². The third kappa shape index (κ3) is 3.64.